The molecule has 5 nitrogen and oxygen atoms in total. The van der Waals surface area contributed by atoms with E-state index in [0.29, 0.717) is 24.0 Å². The molecule has 5 heteroatoms. The third-order valence-corrected chi connectivity index (χ3v) is 4.51. The summed E-state index contributed by atoms with van der Waals surface area (Å²) in [6.07, 6.45) is 1.06. The average molecular weight is 316 g/mol. The Morgan fingerprint density at radius 3 is 2.22 bits per heavy atom. The lowest BCUT2D eigenvalue weighted by Crippen LogP contribution is -2.45. The third kappa shape index (κ3) is 2.79. The fourth-order valence-corrected chi connectivity index (χ4v) is 3.30. The molecule has 0 heterocycles. The van der Waals surface area contributed by atoms with Crippen LogP contribution >= 0.6 is 0 Å². The lowest BCUT2D eigenvalue weighted by atomic mass is 9.73. The van der Waals surface area contributed by atoms with E-state index in [1.165, 1.54) is 14.2 Å². The Balaban J connectivity index is 2.36. The minimum atomic E-state index is -1.59. The largest absolute Gasteiger partial charge is 0.468 e. The molecule has 1 fully saturated rings. The van der Waals surface area contributed by atoms with Gasteiger partial charge in [-0.3, -0.25) is 14.4 Å². The van der Waals surface area contributed by atoms with E-state index in [4.69, 9.17) is 9.47 Å². The van der Waals surface area contributed by atoms with Crippen LogP contribution in [0.1, 0.15) is 29.6 Å². The first kappa shape index (κ1) is 16.9. The van der Waals surface area contributed by atoms with Crippen LogP contribution in [-0.4, -0.2) is 31.9 Å². The maximum atomic E-state index is 12.5. The van der Waals surface area contributed by atoms with Gasteiger partial charge in [-0.25, -0.2) is 0 Å². The molecule has 0 amide bonds. The molecule has 1 saturated carbocycles. The number of benzene rings is 1. The molecule has 2 rings (SSSR count). The lowest BCUT2D eigenvalue weighted by molar-refractivity contribution is -0.168. The van der Waals surface area contributed by atoms with Crippen molar-refractivity contribution in [3.05, 3.63) is 48.0 Å². The van der Waals surface area contributed by atoms with Crippen LogP contribution in [-0.2, 0) is 19.1 Å². The van der Waals surface area contributed by atoms with Crippen molar-refractivity contribution >= 4 is 17.7 Å². The van der Waals surface area contributed by atoms with Crippen molar-refractivity contribution < 1.29 is 23.9 Å². The summed E-state index contributed by atoms with van der Waals surface area (Å²) in [7, 11) is 2.43. The summed E-state index contributed by atoms with van der Waals surface area (Å²) in [5, 5.41) is 0. The second kappa shape index (κ2) is 6.77. The summed E-state index contributed by atoms with van der Waals surface area (Å²) in [5.74, 6) is -2.06. The first-order valence-electron chi connectivity index (χ1n) is 7.41. The number of ketones is 1. The van der Waals surface area contributed by atoms with Gasteiger partial charge in [-0.1, -0.05) is 36.9 Å². The summed E-state index contributed by atoms with van der Waals surface area (Å²) < 4.78 is 9.67. The molecule has 1 aliphatic carbocycles. The zero-order chi connectivity index (χ0) is 17.0. The van der Waals surface area contributed by atoms with E-state index in [0.717, 1.165) is 0 Å². The molecule has 1 aromatic rings. The summed E-state index contributed by atoms with van der Waals surface area (Å²) in [6.45, 7) is 3.86. The van der Waals surface area contributed by atoms with Gasteiger partial charge in [-0.05, 0) is 24.3 Å². The molecule has 0 bridgehead atoms. The first-order chi connectivity index (χ1) is 11.0. The molecule has 0 spiro atoms. The molecule has 1 aliphatic rings. The quantitative estimate of drug-likeness (QED) is 0.361. The van der Waals surface area contributed by atoms with E-state index in [1.54, 1.807) is 24.3 Å². The predicted molar refractivity (Wildman–Crippen MR) is 83.7 cm³/mol. The van der Waals surface area contributed by atoms with Gasteiger partial charge in [0.1, 0.15) is 0 Å². The number of carbonyl (C=O) groups is 3. The van der Waals surface area contributed by atoms with Crippen molar-refractivity contribution in [3.63, 3.8) is 0 Å². The van der Waals surface area contributed by atoms with Gasteiger partial charge < -0.3 is 9.47 Å². The maximum Gasteiger partial charge on any atom is 0.327 e. The monoisotopic (exact) mass is 316 g/mol. The van der Waals surface area contributed by atoms with Crippen molar-refractivity contribution in [1.29, 1.82) is 0 Å². The molecule has 0 aliphatic heterocycles. The topological polar surface area (TPSA) is 69.7 Å². The Labute approximate surface area is 135 Å². The van der Waals surface area contributed by atoms with Gasteiger partial charge in [0.15, 0.2) is 11.2 Å². The van der Waals surface area contributed by atoms with Crippen LogP contribution in [0.4, 0.5) is 0 Å². The van der Waals surface area contributed by atoms with Gasteiger partial charge in [-0.2, -0.15) is 0 Å². The Hall–Kier alpha value is -2.43. The number of carbonyl (C=O) groups excluding carboxylic acids is 3. The summed E-state index contributed by atoms with van der Waals surface area (Å²) in [6, 6.07) is 8.79. The summed E-state index contributed by atoms with van der Waals surface area (Å²) >= 11 is 0. The van der Waals surface area contributed by atoms with Crippen molar-refractivity contribution in [2.45, 2.75) is 19.3 Å². The molecule has 0 aromatic heterocycles. The van der Waals surface area contributed by atoms with E-state index < -0.39 is 23.3 Å². The second-order valence-corrected chi connectivity index (χ2v) is 5.62. The lowest BCUT2D eigenvalue weighted by Gasteiger charge is -2.30. The van der Waals surface area contributed by atoms with Crippen LogP contribution in [0.3, 0.4) is 0 Å². The van der Waals surface area contributed by atoms with Gasteiger partial charge in [0, 0.05) is 12.0 Å². The Morgan fingerprint density at radius 2 is 1.70 bits per heavy atom. The second-order valence-electron chi connectivity index (χ2n) is 5.62. The zero-order valence-corrected chi connectivity index (χ0v) is 13.3. The molecule has 1 atom stereocenters. The normalized spacial score (nSPS) is 19.2. The third-order valence-electron chi connectivity index (χ3n) is 4.51. The zero-order valence-electron chi connectivity index (χ0n) is 13.3. The van der Waals surface area contributed by atoms with E-state index >= 15 is 0 Å². The van der Waals surface area contributed by atoms with E-state index in [9.17, 15) is 14.4 Å². The summed E-state index contributed by atoms with van der Waals surface area (Å²) in [4.78, 5) is 37.2. The van der Waals surface area contributed by atoms with Gasteiger partial charge >= 0.3 is 11.9 Å². The molecular weight excluding hydrogens is 296 g/mol. The maximum absolute atomic E-state index is 12.5. The van der Waals surface area contributed by atoms with E-state index in [2.05, 4.69) is 6.58 Å². The molecular formula is C18H20O5. The van der Waals surface area contributed by atoms with Crippen LogP contribution in [0.2, 0.25) is 0 Å². The fraction of sp³-hybridized carbons (Fsp3) is 0.389. The Bertz CT molecular complexity index is 616. The minimum absolute atomic E-state index is 0.0627. The predicted octanol–water partition coefficient (Wildman–Crippen LogP) is 2.56. The number of hydrogen-bond acceptors (Lipinski definition) is 5. The van der Waals surface area contributed by atoms with Crippen LogP contribution in [0, 0.1) is 11.3 Å². The van der Waals surface area contributed by atoms with Crippen molar-refractivity contribution in [1.82, 2.24) is 0 Å². The van der Waals surface area contributed by atoms with E-state index in [-0.39, 0.29) is 12.2 Å². The number of rotatable bonds is 5. The number of Topliss-reactive ketones (excluding diaryl/α,β-unsaturated/α-hetero) is 1. The Kier molecular flexibility index (Phi) is 4.98. The van der Waals surface area contributed by atoms with Gasteiger partial charge in [0.05, 0.1) is 14.2 Å². The molecule has 122 valence electrons. The molecule has 1 unspecified atom stereocenters. The SMILES string of the molecule is C=C1CCC(CC(=O)c2ccccc2)C1(C(=O)OC)C(=O)OC. The molecule has 0 radical (unpaired) electrons. The van der Waals surface area contributed by atoms with Gasteiger partial charge in [0.25, 0.3) is 0 Å². The molecule has 1 aromatic carbocycles. The highest BCUT2D eigenvalue weighted by atomic mass is 16.5. The average Bonchev–Trinajstić information content (AvgIpc) is 2.91. The number of esters is 2. The highest BCUT2D eigenvalue weighted by Crippen LogP contribution is 2.50. The van der Waals surface area contributed by atoms with Gasteiger partial charge in [0.2, 0.25) is 0 Å². The Morgan fingerprint density at radius 1 is 1.13 bits per heavy atom. The molecule has 0 N–H and O–H groups in total. The highest BCUT2D eigenvalue weighted by Gasteiger charge is 2.59. The van der Waals surface area contributed by atoms with Crippen molar-refractivity contribution in [3.8, 4) is 0 Å². The number of methoxy groups -OCH3 is 2. The fourth-order valence-electron chi connectivity index (χ4n) is 3.30. The van der Waals surface area contributed by atoms with Crippen molar-refractivity contribution in [2.75, 3.05) is 14.2 Å². The standard InChI is InChI=1S/C18H20O5/c1-12-9-10-14(11-15(19)13-7-5-4-6-8-13)18(12,16(20)22-2)17(21)23-3/h4-8,14H,1,9-11H2,2-3H3. The number of hydrogen-bond donors (Lipinski definition) is 0. The van der Waals surface area contributed by atoms with Crippen LogP contribution in [0.25, 0.3) is 0 Å². The highest BCUT2D eigenvalue weighted by molar-refractivity contribution is 6.05. The molecule has 23 heavy (non-hydrogen) atoms. The van der Waals surface area contributed by atoms with Gasteiger partial charge in [-0.15, -0.1) is 0 Å². The van der Waals surface area contributed by atoms with Crippen molar-refractivity contribution in [2.24, 2.45) is 11.3 Å². The number of ether oxygens (including phenoxy) is 2. The molecule has 0 saturated heterocycles. The van der Waals surface area contributed by atoms with Crippen LogP contribution in [0.15, 0.2) is 42.5 Å². The summed E-state index contributed by atoms with van der Waals surface area (Å²) in [5.41, 5.74) is -0.593. The van der Waals surface area contributed by atoms with Crippen LogP contribution < -0.4 is 0 Å². The smallest absolute Gasteiger partial charge is 0.327 e. The van der Waals surface area contributed by atoms with E-state index in [1.807, 2.05) is 6.07 Å². The first-order valence-corrected chi connectivity index (χ1v) is 7.41. The minimum Gasteiger partial charge on any atom is -0.468 e. The van der Waals surface area contributed by atoms with Crippen LogP contribution in [0.5, 0.6) is 0 Å².